The summed E-state index contributed by atoms with van der Waals surface area (Å²) in [5.74, 6) is -1.01. The van der Waals surface area contributed by atoms with Gasteiger partial charge in [0.25, 0.3) is 0 Å². The van der Waals surface area contributed by atoms with Gasteiger partial charge in [-0.05, 0) is 42.4 Å². The van der Waals surface area contributed by atoms with Crippen LogP contribution in [0.5, 0.6) is 0 Å². The molecule has 0 bridgehead atoms. The van der Waals surface area contributed by atoms with Crippen LogP contribution in [-0.2, 0) is 21.2 Å². The number of nitrogens with zero attached hydrogens (tertiary/aromatic N) is 1. The van der Waals surface area contributed by atoms with E-state index in [0.717, 1.165) is 11.8 Å². The summed E-state index contributed by atoms with van der Waals surface area (Å²) in [6.07, 6.45) is 1.11. The first-order valence-corrected chi connectivity index (χ1v) is 9.43. The normalized spacial score (nSPS) is 13.0. The molecule has 0 fully saturated rings. The van der Waals surface area contributed by atoms with E-state index in [-0.39, 0.29) is 4.90 Å². The molecule has 2 rings (SSSR count). The van der Waals surface area contributed by atoms with Crippen molar-refractivity contribution in [3.05, 3.63) is 64.7 Å². The average molecular weight is 368 g/mol. The van der Waals surface area contributed by atoms with E-state index >= 15 is 0 Å². The van der Waals surface area contributed by atoms with E-state index in [4.69, 9.17) is 11.6 Å². The molecule has 0 aliphatic rings. The molecule has 1 N–H and O–H groups in total. The second-order valence-corrected chi connectivity index (χ2v) is 8.08. The lowest BCUT2D eigenvalue weighted by Gasteiger charge is -2.25. The number of aliphatic carboxylic acids is 1. The van der Waals surface area contributed by atoms with E-state index in [1.807, 2.05) is 12.1 Å². The SMILES string of the molecule is CN(Cc1cccc(Cl)c1)[C@@H](C(=O)O)c1ccc(S(C)(=O)=O)cc1. The zero-order valence-electron chi connectivity index (χ0n) is 13.3. The van der Waals surface area contributed by atoms with Gasteiger partial charge in [0.1, 0.15) is 6.04 Å². The molecule has 1 atom stereocenters. The maximum atomic E-state index is 11.7. The van der Waals surface area contributed by atoms with Crippen molar-refractivity contribution in [2.45, 2.75) is 17.5 Å². The minimum absolute atomic E-state index is 0.160. The third-order valence-electron chi connectivity index (χ3n) is 3.62. The first kappa shape index (κ1) is 18.4. The summed E-state index contributed by atoms with van der Waals surface area (Å²) in [6.45, 7) is 0.394. The van der Waals surface area contributed by atoms with Crippen LogP contribution >= 0.6 is 11.6 Å². The lowest BCUT2D eigenvalue weighted by atomic mass is 10.1. The molecule has 0 aliphatic carbocycles. The highest BCUT2D eigenvalue weighted by molar-refractivity contribution is 7.90. The van der Waals surface area contributed by atoms with Gasteiger partial charge < -0.3 is 5.11 Å². The van der Waals surface area contributed by atoms with E-state index < -0.39 is 21.8 Å². The summed E-state index contributed by atoms with van der Waals surface area (Å²) < 4.78 is 23.0. The topological polar surface area (TPSA) is 74.7 Å². The van der Waals surface area contributed by atoms with Crippen molar-refractivity contribution in [3.63, 3.8) is 0 Å². The number of benzene rings is 2. The highest BCUT2D eigenvalue weighted by Gasteiger charge is 2.25. The van der Waals surface area contributed by atoms with Crippen molar-refractivity contribution in [1.29, 1.82) is 0 Å². The fraction of sp³-hybridized carbons (Fsp3) is 0.235. The van der Waals surface area contributed by atoms with Gasteiger partial charge in [0.15, 0.2) is 9.84 Å². The molecule has 5 nitrogen and oxygen atoms in total. The minimum Gasteiger partial charge on any atom is -0.480 e. The predicted octanol–water partition coefficient (Wildman–Crippen LogP) is 3.00. The fourth-order valence-electron chi connectivity index (χ4n) is 2.50. The number of rotatable bonds is 6. The number of likely N-dealkylation sites (N-methyl/N-ethyl adjacent to an activating group) is 1. The molecular formula is C17H18ClNO4S. The molecular weight excluding hydrogens is 350 g/mol. The Hall–Kier alpha value is -1.89. The summed E-state index contributed by atoms with van der Waals surface area (Å²) in [4.78, 5) is 13.5. The number of carbonyl (C=O) groups is 1. The monoisotopic (exact) mass is 367 g/mol. The Balaban J connectivity index is 2.27. The van der Waals surface area contributed by atoms with Crippen LogP contribution in [0.2, 0.25) is 5.02 Å². The third kappa shape index (κ3) is 4.56. The number of hydrogen-bond acceptors (Lipinski definition) is 4. The zero-order valence-corrected chi connectivity index (χ0v) is 14.9. The van der Waals surface area contributed by atoms with E-state index in [0.29, 0.717) is 17.1 Å². The molecule has 7 heteroatoms. The van der Waals surface area contributed by atoms with E-state index in [1.54, 1.807) is 24.1 Å². The Kier molecular flexibility index (Phi) is 5.64. The van der Waals surface area contributed by atoms with Gasteiger partial charge in [-0.1, -0.05) is 35.9 Å². The number of carboxylic acids is 1. The van der Waals surface area contributed by atoms with Crippen LogP contribution in [0.1, 0.15) is 17.2 Å². The second kappa shape index (κ2) is 7.34. The molecule has 0 unspecified atom stereocenters. The Morgan fingerprint density at radius 1 is 1.21 bits per heavy atom. The Bertz CT molecular complexity index is 834. The maximum absolute atomic E-state index is 11.7. The Morgan fingerprint density at radius 2 is 1.83 bits per heavy atom. The molecule has 0 spiro atoms. The molecule has 2 aromatic carbocycles. The Morgan fingerprint density at radius 3 is 2.33 bits per heavy atom. The number of carboxylic acid groups (broad SMARTS) is 1. The number of sulfone groups is 1. The van der Waals surface area contributed by atoms with Crippen LogP contribution < -0.4 is 0 Å². The quantitative estimate of drug-likeness (QED) is 0.849. The highest BCUT2D eigenvalue weighted by Crippen LogP contribution is 2.24. The Labute approximate surface area is 146 Å². The number of hydrogen-bond donors (Lipinski definition) is 1. The van der Waals surface area contributed by atoms with Crippen LogP contribution in [-0.4, -0.2) is 37.7 Å². The lowest BCUT2D eigenvalue weighted by Crippen LogP contribution is -2.30. The average Bonchev–Trinajstić information content (AvgIpc) is 2.46. The van der Waals surface area contributed by atoms with E-state index in [1.165, 1.54) is 24.3 Å². The van der Waals surface area contributed by atoms with Gasteiger partial charge in [-0.15, -0.1) is 0 Å². The predicted molar refractivity (Wildman–Crippen MR) is 92.8 cm³/mol. The molecule has 0 aromatic heterocycles. The minimum atomic E-state index is -3.31. The molecule has 0 aliphatic heterocycles. The molecule has 0 heterocycles. The van der Waals surface area contributed by atoms with Crippen LogP contribution in [0.25, 0.3) is 0 Å². The van der Waals surface area contributed by atoms with Crippen LogP contribution in [0, 0.1) is 0 Å². The van der Waals surface area contributed by atoms with Crippen LogP contribution in [0.3, 0.4) is 0 Å². The fourth-order valence-corrected chi connectivity index (χ4v) is 3.34. The highest BCUT2D eigenvalue weighted by atomic mass is 35.5. The molecule has 24 heavy (non-hydrogen) atoms. The summed E-state index contributed by atoms with van der Waals surface area (Å²) in [7, 11) is -1.62. The van der Waals surface area contributed by atoms with Crippen molar-refractivity contribution in [2.24, 2.45) is 0 Å². The molecule has 0 radical (unpaired) electrons. The van der Waals surface area contributed by atoms with Crippen molar-refractivity contribution in [2.75, 3.05) is 13.3 Å². The van der Waals surface area contributed by atoms with Crippen molar-refractivity contribution in [1.82, 2.24) is 4.90 Å². The summed E-state index contributed by atoms with van der Waals surface area (Å²) in [5, 5.41) is 10.2. The molecule has 0 saturated carbocycles. The summed E-state index contributed by atoms with van der Waals surface area (Å²) in [5.41, 5.74) is 1.41. The lowest BCUT2D eigenvalue weighted by molar-refractivity contribution is -0.143. The standard InChI is InChI=1S/C17H18ClNO4S/c1-19(11-12-4-3-5-14(18)10-12)16(17(20)21)13-6-8-15(9-7-13)24(2,22)23/h3-10,16H,11H2,1-2H3,(H,20,21)/t16-/m1/s1. The van der Waals surface area contributed by atoms with Gasteiger partial charge in [-0.3, -0.25) is 9.69 Å². The van der Waals surface area contributed by atoms with Crippen molar-refractivity contribution < 1.29 is 18.3 Å². The number of halogens is 1. The summed E-state index contributed by atoms with van der Waals surface area (Å²) in [6, 6.07) is 12.2. The summed E-state index contributed by atoms with van der Waals surface area (Å²) >= 11 is 5.96. The van der Waals surface area contributed by atoms with E-state index in [9.17, 15) is 18.3 Å². The van der Waals surface area contributed by atoms with Crippen molar-refractivity contribution in [3.8, 4) is 0 Å². The molecule has 128 valence electrons. The molecule has 0 amide bonds. The van der Waals surface area contributed by atoms with E-state index in [2.05, 4.69) is 0 Å². The van der Waals surface area contributed by atoms with Gasteiger partial charge in [0.05, 0.1) is 4.90 Å². The first-order chi connectivity index (χ1) is 11.2. The van der Waals surface area contributed by atoms with Crippen LogP contribution in [0.15, 0.2) is 53.4 Å². The van der Waals surface area contributed by atoms with Gasteiger partial charge in [0.2, 0.25) is 0 Å². The van der Waals surface area contributed by atoms with Gasteiger partial charge in [-0.2, -0.15) is 0 Å². The zero-order chi connectivity index (χ0) is 17.9. The first-order valence-electron chi connectivity index (χ1n) is 7.16. The van der Waals surface area contributed by atoms with Gasteiger partial charge in [-0.25, -0.2) is 8.42 Å². The maximum Gasteiger partial charge on any atom is 0.325 e. The molecule has 2 aromatic rings. The second-order valence-electron chi connectivity index (χ2n) is 5.63. The third-order valence-corrected chi connectivity index (χ3v) is 4.98. The smallest absolute Gasteiger partial charge is 0.325 e. The van der Waals surface area contributed by atoms with Crippen molar-refractivity contribution >= 4 is 27.4 Å². The molecule has 0 saturated heterocycles. The van der Waals surface area contributed by atoms with Crippen LogP contribution in [0.4, 0.5) is 0 Å². The van der Waals surface area contributed by atoms with Gasteiger partial charge >= 0.3 is 5.97 Å². The van der Waals surface area contributed by atoms with Gasteiger partial charge in [0, 0.05) is 17.8 Å². The largest absolute Gasteiger partial charge is 0.480 e.